The van der Waals surface area contributed by atoms with E-state index in [4.69, 9.17) is 11.6 Å². The van der Waals surface area contributed by atoms with Crippen LogP contribution < -0.4 is 4.90 Å². The maximum Gasteiger partial charge on any atom is 0.436 e. The lowest BCUT2D eigenvalue weighted by Crippen LogP contribution is -2.19. The maximum absolute atomic E-state index is 13.0. The number of rotatable bonds is 2. The number of benzene rings is 1. The standard InChI is InChI=1S/C13H9ClF3N3O2/c14-7-2-1-3-8(6-7)19-4-5-20-11(19)9(12(21)22)10(18-20)13(15,16)17/h1-3,6H,4-5H2,(H,21,22). The molecule has 0 atom stereocenters. The first kappa shape index (κ1) is 14.7. The van der Waals surface area contributed by atoms with E-state index in [0.29, 0.717) is 17.3 Å². The lowest BCUT2D eigenvalue weighted by atomic mass is 10.2. The van der Waals surface area contributed by atoms with Crippen molar-refractivity contribution in [2.75, 3.05) is 11.4 Å². The van der Waals surface area contributed by atoms with E-state index in [1.807, 2.05) is 0 Å². The number of halogens is 4. The molecule has 0 unspecified atom stereocenters. The predicted octanol–water partition coefficient (Wildman–Crippen LogP) is 3.41. The van der Waals surface area contributed by atoms with Gasteiger partial charge in [0.25, 0.3) is 0 Å². The molecule has 0 amide bonds. The third-order valence-electron chi connectivity index (χ3n) is 3.32. The Hall–Kier alpha value is -2.22. The number of carboxylic acids is 1. The average Bonchev–Trinajstić information content (AvgIpc) is 2.95. The van der Waals surface area contributed by atoms with Crippen LogP contribution in [-0.4, -0.2) is 27.4 Å². The summed E-state index contributed by atoms with van der Waals surface area (Å²) in [6.07, 6.45) is -4.83. The molecule has 0 bridgehead atoms. The Morgan fingerprint density at radius 1 is 1.32 bits per heavy atom. The number of carbonyl (C=O) groups is 1. The number of aromatic carboxylic acids is 1. The van der Waals surface area contributed by atoms with Crippen LogP contribution in [0.5, 0.6) is 0 Å². The van der Waals surface area contributed by atoms with Crippen molar-refractivity contribution in [2.45, 2.75) is 12.7 Å². The van der Waals surface area contributed by atoms with E-state index in [1.165, 1.54) is 4.90 Å². The minimum atomic E-state index is -4.83. The van der Waals surface area contributed by atoms with Crippen molar-refractivity contribution in [3.8, 4) is 0 Å². The highest BCUT2D eigenvalue weighted by Crippen LogP contribution is 2.40. The zero-order valence-corrected chi connectivity index (χ0v) is 11.7. The molecule has 2 aromatic rings. The van der Waals surface area contributed by atoms with Crippen LogP contribution >= 0.6 is 11.6 Å². The SMILES string of the molecule is O=C(O)c1c(C(F)(F)F)nn2c1N(c1cccc(Cl)c1)CC2. The predicted molar refractivity (Wildman–Crippen MR) is 72.6 cm³/mol. The van der Waals surface area contributed by atoms with Crippen molar-refractivity contribution in [3.63, 3.8) is 0 Å². The second-order valence-corrected chi connectivity index (χ2v) is 5.14. The van der Waals surface area contributed by atoms with Crippen molar-refractivity contribution < 1.29 is 23.1 Å². The molecule has 0 aliphatic carbocycles. The monoisotopic (exact) mass is 331 g/mol. The third kappa shape index (κ3) is 2.29. The average molecular weight is 332 g/mol. The summed E-state index contributed by atoms with van der Waals surface area (Å²) in [6, 6.07) is 6.47. The first-order valence-electron chi connectivity index (χ1n) is 6.23. The molecule has 2 heterocycles. The Morgan fingerprint density at radius 3 is 2.64 bits per heavy atom. The first-order valence-corrected chi connectivity index (χ1v) is 6.61. The fraction of sp³-hybridized carbons (Fsp3) is 0.231. The highest BCUT2D eigenvalue weighted by atomic mass is 35.5. The van der Waals surface area contributed by atoms with Crippen LogP contribution in [0.2, 0.25) is 5.02 Å². The minimum absolute atomic E-state index is 0.0814. The van der Waals surface area contributed by atoms with Gasteiger partial charge in [-0.2, -0.15) is 18.3 Å². The van der Waals surface area contributed by atoms with Crippen LogP contribution in [-0.2, 0) is 12.7 Å². The van der Waals surface area contributed by atoms with E-state index in [-0.39, 0.29) is 12.4 Å². The molecule has 0 saturated carbocycles. The van der Waals surface area contributed by atoms with Gasteiger partial charge in [-0.05, 0) is 18.2 Å². The van der Waals surface area contributed by atoms with Crippen molar-refractivity contribution in [1.29, 1.82) is 0 Å². The summed E-state index contributed by atoms with van der Waals surface area (Å²) in [5.41, 5.74) is -1.71. The van der Waals surface area contributed by atoms with Crippen molar-refractivity contribution in [2.24, 2.45) is 0 Å². The van der Waals surface area contributed by atoms with Crippen LogP contribution in [0.4, 0.5) is 24.7 Å². The van der Waals surface area contributed by atoms with Gasteiger partial charge < -0.3 is 10.0 Å². The summed E-state index contributed by atoms with van der Waals surface area (Å²) in [5.74, 6) is -1.75. The van der Waals surface area contributed by atoms with Gasteiger partial charge in [-0.25, -0.2) is 9.48 Å². The Balaban J connectivity index is 2.18. The molecule has 1 N–H and O–H groups in total. The molecule has 0 saturated heterocycles. The summed E-state index contributed by atoms with van der Waals surface area (Å²) in [4.78, 5) is 12.8. The quantitative estimate of drug-likeness (QED) is 0.916. The van der Waals surface area contributed by atoms with Crippen molar-refractivity contribution in [3.05, 3.63) is 40.5 Å². The molecule has 0 fully saturated rings. The van der Waals surface area contributed by atoms with Crippen LogP contribution in [0, 0.1) is 0 Å². The normalized spacial score (nSPS) is 14.3. The van der Waals surface area contributed by atoms with Crippen LogP contribution in [0.3, 0.4) is 0 Å². The van der Waals surface area contributed by atoms with Gasteiger partial charge in [0.05, 0.1) is 6.54 Å². The second kappa shape index (κ2) is 4.91. The summed E-state index contributed by atoms with van der Waals surface area (Å²) in [5, 5.41) is 13.0. The van der Waals surface area contributed by atoms with Gasteiger partial charge in [0.1, 0.15) is 11.4 Å². The molecule has 116 valence electrons. The molecular weight excluding hydrogens is 323 g/mol. The van der Waals surface area contributed by atoms with Gasteiger partial charge in [-0.1, -0.05) is 17.7 Å². The summed E-state index contributed by atoms with van der Waals surface area (Å²) < 4.78 is 40.0. The molecule has 1 aromatic heterocycles. The van der Waals surface area contributed by atoms with Crippen molar-refractivity contribution >= 4 is 29.1 Å². The lowest BCUT2D eigenvalue weighted by molar-refractivity contribution is -0.142. The van der Waals surface area contributed by atoms with E-state index in [9.17, 15) is 23.1 Å². The number of nitrogens with zero attached hydrogens (tertiary/aromatic N) is 3. The minimum Gasteiger partial charge on any atom is -0.477 e. The Kier molecular flexibility index (Phi) is 3.28. The number of hydrogen-bond donors (Lipinski definition) is 1. The highest BCUT2D eigenvalue weighted by molar-refractivity contribution is 6.30. The Morgan fingerprint density at radius 2 is 2.05 bits per heavy atom. The smallest absolute Gasteiger partial charge is 0.436 e. The van der Waals surface area contributed by atoms with Crippen molar-refractivity contribution in [1.82, 2.24) is 9.78 Å². The zero-order chi connectivity index (χ0) is 16.1. The molecule has 0 spiro atoms. The molecule has 0 radical (unpaired) electrons. The topological polar surface area (TPSA) is 58.4 Å². The third-order valence-corrected chi connectivity index (χ3v) is 3.55. The number of carboxylic acid groups (broad SMARTS) is 1. The number of alkyl halides is 3. The van der Waals surface area contributed by atoms with Crippen LogP contribution in [0.1, 0.15) is 16.1 Å². The van der Waals surface area contributed by atoms with Gasteiger partial charge in [0, 0.05) is 17.3 Å². The summed E-state index contributed by atoms with van der Waals surface area (Å²) >= 11 is 5.89. The van der Waals surface area contributed by atoms with Gasteiger partial charge in [-0.15, -0.1) is 0 Å². The molecule has 1 aromatic carbocycles. The number of aromatic nitrogens is 2. The molecule has 1 aliphatic rings. The van der Waals surface area contributed by atoms with E-state index in [1.54, 1.807) is 24.3 Å². The fourth-order valence-electron chi connectivity index (χ4n) is 2.47. The molecule has 9 heteroatoms. The molecule has 1 aliphatic heterocycles. The number of fused-ring (bicyclic) bond motifs is 1. The van der Waals surface area contributed by atoms with Crippen LogP contribution in [0.25, 0.3) is 0 Å². The molecule has 22 heavy (non-hydrogen) atoms. The van der Waals surface area contributed by atoms with Gasteiger partial charge >= 0.3 is 12.1 Å². The second-order valence-electron chi connectivity index (χ2n) is 4.70. The highest BCUT2D eigenvalue weighted by Gasteiger charge is 2.44. The van der Waals surface area contributed by atoms with Crippen LogP contribution in [0.15, 0.2) is 24.3 Å². The number of hydrogen-bond acceptors (Lipinski definition) is 3. The zero-order valence-electron chi connectivity index (χ0n) is 10.9. The van der Waals surface area contributed by atoms with E-state index < -0.39 is 23.4 Å². The summed E-state index contributed by atoms with van der Waals surface area (Å²) in [6.45, 7) is 0.485. The van der Waals surface area contributed by atoms with Gasteiger partial charge in [-0.3, -0.25) is 0 Å². The number of anilines is 2. The lowest BCUT2D eigenvalue weighted by Gasteiger charge is -2.18. The molecule has 5 nitrogen and oxygen atoms in total. The first-order chi connectivity index (χ1) is 10.3. The Labute approximate surface area is 127 Å². The summed E-state index contributed by atoms with van der Waals surface area (Å²) in [7, 11) is 0. The maximum atomic E-state index is 13.0. The van der Waals surface area contributed by atoms with Gasteiger partial charge in [0.15, 0.2) is 5.69 Å². The van der Waals surface area contributed by atoms with Gasteiger partial charge in [0.2, 0.25) is 0 Å². The fourth-order valence-corrected chi connectivity index (χ4v) is 2.66. The molecular formula is C13H9ClF3N3O2. The van der Waals surface area contributed by atoms with E-state index >= 15 is 0 Å². The molecule has 3 rings (SSSR count). The van der Waals surface area contributed by atoms with E-state index in [0.717, 1.165) is 4.68 Å². The Bertz CT molecular complexity index is 757. The van der Waals surface area contributed by atoms with E-state index in [2.05, 4.69) is 5.10 Å². The largest absolute Gasteiger partial charge is 0.477 e.